The molecular weight excluding hydrogens is 188 g/mol. The molecule has 0 saturated heterocycles. The van der Waals surface area contributed by atoms with Crippen molar-refractivity contribution in [3.8, 4) is 0 Å². The predicted molar refractivity (Wildman–Crippen MR) is 56.6 cm³/mol. The molecule has 0 saturated carbocycles. The first-order valence-corrected chi connectivity index (χ1v) is 5.99. The first-order chi connectivity index (χ1) is 5.74. The zero-order chi connectivity index (χ0) is 8.97. The van der Waals surface area contributed by atoms with Gasteiger partial charge in [0.15, 0.2) is 0 Å². The molecule has 0 amide bonds. The summed E-state index contributed by atoms with van der Waals surface area (Å²) >= 11 is 3.62. The second kappa shape index (κ2) is 4.84. The Morgan fingerprint density at radius 3 is 3.00 bits per heavy atom. The van der Waals surface area contributed by atoms with Gasteiger partial charge in [-0.05, 0) is 12.7 Å². The predicted octanol–water partition coefficient (Wildman–Crippen LogP) is 2.42. The maximum absolute atomic E-state index is 5.72. The summed E-state index contributed by atoms with van der Waals surface area (Å²) in [5.74, 6) is 2.17. The molecule has 0 aliphatic rings. The summed E-state index contributed by atoms with van der Waals surface area (Å²) < 4.78 is 0. The van der Waals surface area contributed by atoms with Crippen LogP contribution in [0.4, 0.5) is 0 Å². The number of rotatable bonds is 4. The Morgan fingerprint density at radius 1 is 1.75 bits per heavy atom. The monoisotopic (exact) mass is 202 g/mol. The molecule has 0 bridgehead atoms. The van der Waals surface area contributed by atoms with Gasteiger partial charge in [0.1, 0.15) is 5.01 Å². The van der Waals surface area contributed by atoms with E-state index in [4.69, 9.17) is 5.73 Å². The van der Waals surface area contributed by atoms with E-state index in [9.17, 15) is 0 Å². The lowest BCUT2D eigenvalue weighted by Gasteiger charge is -1.96. The van der Waals surface area contributed by atoms with Crippen LogP contribution in [-0.4, -0.2) is 10.7 Å². The van der Waals surface area contributed by atoms with E-state index in [-0.39, 0.29) is 6.04 Å². The molecule has 2 nitrogen and oxygen atoms in total. The van der Waals surface area contributed by atoms with Crippen LogP contribution < -0.4 is 5.73 Å². The first kappa shape index (κ1) is 10.0. The van der Waals surface area contributed by atoms with Gasteiger partial charge in [-0.1, -0.05) is 6.92 Å². The van der Waals surface area contributed by atoms with E-state index >= 15 is 0 Å². The highest BCUT2D eigenvalue weighted by Crippen LogP contribution is 2.21. The van der Waals surface area contributed by atoms with Gasteiger partial charge in [0.2, 0.25) is 0 Å². The maximum Gasteiger partial charge on any atom is 0.103 e. The van der Waals surface area contributed by atoms with E-state index in [0.29, 0.717) is 0 Å². The van der Waals surface area contributed by atoms with Gasteiger partial charge >= 0.3 is 0 Å². The van der Waals surface area contributed by atoms with E-state index in [0.717, 1.165) is 11.5 Å². The number of thioether (sulfide) groups is 1. The largest absolute Gasteiger partial charge is 0.323 e. The molecule has 1 aromatic rings. The molecular formula is C8H14N2S2. The number of aromatic nitrogens is 1. The van der Waals surface area contributed by atoms with Crippen molar-refractivity contribution in [3.05, 3.63) is 16.1 Å². The van der Waals surface area contributed by atoms with Crippen LogP contribution in [0.1, 0.15) is 29.8 Å². The number of nitrogens with two attached hydrogens (primary N) is 1. The lowest BCUT2D eigenvalue weighted by molar-refractivity contribution is 0.835. The van der Waals surface area contributed by atoms with Crippen molar-refractivity contribution in [2.75, 3.05) is 5.75 Å². The molecule has 4 heteroatoms. The van der Waals surface area contributed by atoms with Crippen LogP contribution in [0.15, 0.2) is 6.20 Å². The van der Waals surface area contributed by atoms with E-state index in [1.54, 1.807) is 11.3 Å². The van der Waals surface area contributed by atoms with Crippen molar-refractivity contribution in [2.45, 2.75) is 25.6 Å². The second-order valence-electron chi connectivity index (χ2n) is 2.58. The lowest BCUT2D eigenvalue weighted by Crippen LogP contribution is -2.01. The molecule has 1 atom stereocenters. The minimum Gasteiger partial charge on any atom is -0.323 e. The van der Waals surface area contributed by atoms with Crippen molar-refractivity contribution in [1.82, 2.24) is 4.98 Å². The van der Waals surface area contributed by atoms with Gasteiger partial charge in [0.05, 0.1) is 0 Å². The van der Waals surface area contributed by atoms with E-state index in [2.05, 4.69) is 11.9 Å². The smallest absolute Gasteiger partial charge is 0.103 e. The fraction of sp³-hybridized carbons (Fsp3) is 0.625. The highest BCUT2D eigenvalue weighted by atomic mass is 32.2. The Morgan fingerprint density at radius 2 is 2.50 bits per heavy atom. The average molecular weight is 202 g/mol. The van der Waals surface area contributed by atoms with Crippen molar-refractivity contribution in [1.29, 1.82) is 0 Å². The summed E-state index contributed by atoms with van der Waals surface area (Å²) in [4.78, 5) is 5.47. The van der Waals surface area contributed by atoms with Gasteiger partial charge in [-0.3, -0.25) is 0 Å². The van der Waals surface area contributed by atoms with Gasteiger partial charge in [-0.2, -0.15) is 11.8 Å². The Bertz CT molecular complexity index is 233. The van der Waals surface area contributed by atoms with Crippen molar-refractivity contribution >= 4 is 23.1 Å². The molecule has 1 aromatic heterocycles. The molecule has 68 valence electrons. The molecule has 0 aliphatic carbocycles. The van der Waals surface area contributed by atoms with E-state index in [1.165, 1.54) is 9.88 Å². The summed E-state index contributed by atoms with van der Waals surface area (Å²) in [6, 6.07) is 0.128. The first-order valence-electron chi connectivity index (χ1n) is 4.02. The number of hydrogen-bond acceptors (Lipinski definition) is 4. The summed E-state index contributed by atoms with van der Waals surface area (Å²) in [6.45, 7) is 4.15. The Kier molecular flexibility index (Phi) is 4.05. The van der Waals surface area contributed by atoms with Crippen LogP contribution in [0, 0.1) is 0 Å². The summed E-state index contributed by atoms with van der Waals surface area (Å²) in [5.41, 5.74) is 5.72. The second-order valence-corrected chi connectivity index (χ2v) is 5.00. The normalized spacial score (nSPS) is 13.2. The molecule has 0 aromatic carbocycles. The quantitative estimate of drug-likeness (QED) is 0.815. The van der Waals surface area contributed by atoms with Crippen LogP contribution in [0.25, 0.3) is 0 Å². The van der Waals surface area contributed by atoms with Crippen LogP contribution in [0.3, 0.4) is 0 Å². The third-order valence-electron chi connectivity index (χ3n) is 1.45. The third-order valence-corrected chi connectivity index (χ3v) is 3.72. The molecule has 1 unspecified atom stereocenters. The minimum absolute atomic E-state index is 0.128. The molecule has 12 heavy (non-hydrogen) atoms. The summed E-state index contributed by atoms with van der Waals surface area (Å²) in [7, 11) is 0. The molecule has 0 radical (unpaired) electrons. The summed E-state index contributed by atoms with van der Waals surface area (Å²) in [6.07, 6.45) is 1.89. The van der Waals surface area contributed by atoms with E-state index in [1.807, 2.05) is 24.9 Å². The molecule has 1 rings (SSSR count). The third kappa shape index (κ3) is 2.77. The molecule has 1 heterocycles. The highest BCUT2D eigenvalue weighted by molar-refractivity contribution is 7.98. The summed E-state index contributed by atoms with van der Waals surface area (Å²) in [5, 5.41) is 1.19. The molecule has 0 aliphatic heterocycles. The van der Waals surface area contributed by atoms with Gasteiger partial charge in [0.25, 0.3) is 0 Å². The maximum atomic E-state index is 5.72. The molecule has 0 fully saturated rings. The van der Waals surface area contributed by atoms with Gasteiger partial charge in [0, 0.05) is 22.9 Å². The molecule has 0 spiro atoms. The Labute approximate surface area is 81.6 Å². The van der Waals surface area contributed by atoms with Gasteiger partial charge < -0.3 is 5.73 Å². The molecule has 2 N–H and O–H groups in total. The van der Waals surface area contributed by atoms with Gasteiger partial charge in [-0.15, -0.1) is 11.3 Å². The zero-order valence-electron chi connectivity index (χ0n) is 7.41. The SMILES string of the molecule is CCSCc1ncc(C(C)N)s1. The van der Waals surface area contributed by atoms with Crippen molar-refractivity contribution < 1.29 is 0 Å². The standard InChI is InChI=1S/C8H14N2S2/c1-3-11-5-8-10-4-7(12-8)6(2)9/h4,6H,3,5,9H2,1-2H3. The zero-order valence-corrected chi connectivity index (χ0v) is 9.04. The fourth-order valence-electron chi connectivity index (χ4n) is 0.791. The van der Waals surface area contributed by atoms with E-state index < -0.39 is 0 Å². The highest BCUT2D eigenvalue weighted by Gasteiger charge is 2.04. The number of hydrogen-bond donors (Lipinski definition) is 1. The average Bonchev–Trinajstić information content (AvgIpc) is 2.48. The van der Waals surface area contributed by atoms with Crippen LogP contribution >= 0.6 is 23.1 Å². The Balaban J connectivity index is 2.52. The van der Waals surface area contributed by atoms with Gasteiger partial charge in [-0.25, -0.2) is 4.98 Å². The topological polar surface area (TPSA) is 38.9 Å². The number of nitrogens with zero attached hydrogens (tertiary/aromatic N) is 1. The van der Waals surface area contributed by atoms with Crippen molar-refractivity contribution in [3.63, 3.8) is 0 Å². The fourth-order valence-corrected chi connectivity index (χ4v) is 2.40. The van der Waals surface area contributed by atoms with Crippen LogP contribution in [0.2, 0.25) is 0 Å². The minimum atomic E-state index is 0.128. The van der Waals surface area contributed by atoms with Crippen molar-refractivity contribution in [2.24, 2.45) is 5.73 Å². The van der Waals surface area contributed by atoms with Crippen LogP contribution in [-0.2, 0) is 5.75 Å². The van der Waals surface area contributed by atoms with Crippen LogP contribution in [0.5, 0.6) is 0 Å². The number of thiazole rings is 1. The Hall–Kier alpha value is -0.0600. The lowest BCUT2D eigenvalue weighted by atomic mass is 10.3.